The fourth-order valence-corrected chi connectivity index (χ4v) is 2.02. The Morgan fingerprint density at radius 2 is 2.33 bits per heavy atom. The summed E-state index contributed by atoms with van der Waals surface area (Å²) in [6.07, 6.45) is 0.00209. The maximum Gasteiger partial charge on any atom is 0.257 e. The minimum absolute atomic E-state index is 0.00209. The average molecular weight is 253 g/mol. The summed E-state index contributed by atoms with van der Waals surface area (Å²) >= 11 is 0. The van der Waals surface area contributed by atoms with Crippen LogP contribution in [0, 0.1) is 5.82 Å². The molecular formula is C13H16FNO3. The van der Waals surface area contributed by atoms with Gasteiger partial charge in [-0.15, -0.1) is 0 Å². The van der Waals surface area contributed by atoms with Crippen molar-refractivity contribution in [2.75, 3.05) is 26.8 Å². The molecule has 1 aliphatic heterocycles. The minimum atomic E-state index is -0.444. The SMILES string of the molecule is COc1ccc(F)cc1C(=O)N1CCOC(C)C1. The number of benzene rings is 1. The maximum absolute atomic E-state index is 13.2. The Bertz CT molecular complexity index is 450. The van der Waals surface area contributed by atoms with E-state index in [2.05, 4.69) is 0 Å². The Morgan fingerprint density at radius 1 is 1.56 bits per heavy atom. The second kappa shape index (κ2) is 5.35. The number of ether oxygens (including phenoxy) is 2. The molecule has 1 aromatic carbocycles. The molecule has 1 unspecified atom stereocenters. The quantitative estimate of drug-likeness (QED) is 0.805. The highest BCUT2D eigenvalue weighted by Gasteiger charge is 2.24. The van der Waals surface area contributed by atoms with Crippen LogP contribution in [0.2, 0.25) is 0 Å². The zero-order valence-electron chi connectivity index (χ0n) is 10.5. The highest BCUT2D eigenvalue weighted by molar-refractivity contribution is 5.97. The zero-order valence-corrected chi connectivity index (χ0v) is 10.5. The van der Waals surface area contributed by atoms with Crippen molar-refractivity contribution in [1.29, 1.82) is 0 Å². The van der Waals surface area contributed by atoms with Crippen LogP contribution in [0.25, 0.3) is 0 Å². The van der Waals surface area contributed by atoms with Crippen LogP contribution in [0.15, 0.2) is 18.2 Å². The first kappa shape index (κ1) is 12.8. The Morgan fingerprint density at radius 3 is 3.00 bits per heavy atom. The number of methoxy groups -OCH3 is 1. The molecule has 5 heteroatoms. The third kappa shape index (κ3) is 2.61. The molecule has 0 spiro atoms. The van der Waals surface area contributed by atoms with Crippen molar-refractivity contribution in [2.45, 2.75) is 13.0 Å². The number of morpholine rings is 1. The summed E-state index contributed by atoms with van der Waals surface area (Å²) in [5.74, 6) is -0.275. The van der Waals surface area contributed by atoms with Crippen molar-refractivity contribution < 1.29 is 18.7 Å². The van der Waals surface area contributed by atoms with Crippen LogP contribution < -0.4 is 4.74 Å². The molecule has 1 fully saturated rings. The van der Waals surface area contributed by atoms with E-state index in [-0.39, 0.29) is 17.6 Å². The predicted molar refractivity (Wildman–Crippen MR) is 64.3 cm³/mol. The number of carbonyl (C=O) groups excluding carboxylic acids is 1. The molecule has 1 aromatic rings. The number of amides is 1. The van der Waals surface area contributed by atoms with Crippen molar-refractivity contribution in [2.24, 2.45) is 0 Å². The van der Waals surface area contributed by atoms with E-state index in [0.29, 0.717) is 25.4 Å². The van der Waals surface area contributed by atoms with Gasteiger partial charge in [-0.3, -0.25) is 4.79 Å². The van der Waals surface area contributed by atoms with Gasteiger partial charge in [-0.05, 0) is 25.1 Å². The van der Waals surface area contributed by atoms with Gasteiger partial charge in [0.25, 0.3) is 5.91 Å². The molecule has 0 N–H and O–H groups in total. The first-order valence-corrected chi connectivity index (χ1v) is 5.86. The molecule has 2 rings (SSSR count). The molecule has 0 aliphatic carbocycles. The normalized spacial score (nSPS) is 19.7. The number of rotatable bonds is 2. The number of hydrogen-bond acceptors (Lipinski definition) is 3. The summed E-state index contributed by atoms with van der Waals surface area (Å²) in [5, 5.41) is 0. The lowest BCUT2D eigenvalue weighted by Gasteiger charge is -2.31. The summed E-state index contributed by atoms with van der Waals surface area (Å²) in [6, 6.07) is 3.95. The van der Waals surface area contributed by atoms with Crippen LogP contribution in [0.4, 0.5) is 4.39 Å². The van der Waals surface area contributed by atoms with Gasteiger partial charge >= 0.3 is 0 Å². The molecule has 0 bridgehead atoms. The Labute approximate surface area is 105 Å². The van der Waals surface area contributed by atoms with Gasteiger partial charge in [0.15, 0.2) is 0 Å². The van der Waals surface area contributed by atoms with Crippen molar-refractivity contribution in [3.63, 3.8) is 0 Å². The smallest absolute Gasteiger partial charge is 0.257 e. The molecule has 0 radical (unpaired) electrons. The Hall–Kier alpha value is -1.62. The number of hydrogen-bond donors (Lipinski definition) is 0. The van der Waals surface area contributed by atoms with E-state index >= 15 is 0 Å². The number of nitrogens with zero attached hydrogens (tertiary/aromatic N) is 1. The lowest BCUT2D eigenvalue weighted by molar-refractivity contribution is -0.0125. The van der Waals surface area contributed by atoms with E-state index < -0.39 is 5.82 Å². The van der Waals surface area contributed by atoms with Gasteiger partial charge < -0.3 is 14.4 Å². The minimum Gasteiger partial charge on any atom is -0.496 e. The lowest BCUT2D eigenvalue weighted by Crippen LogP contribution is -2.44. The second-order valence-electron chi connectivity index (χ2n) is 4.28. The topological polar surface area (TPSA) is 38.8 Å². The summed E-state index contributed by atoms with van der Waals surface area (Å²) in [4.78, 5) is 14.0. The van der Waals surface area contributed by atoms with Crippen LogP contribution in [0.3, 0.4) is 0 Å². The van der Waals surface area contributed by atoms with Crippen molar-refractivity contribution in [3.05, 3.63) is 29.6 Å². The van der Waals surface area contributed by atoms with Gasteiger partial charge in [0, 0.05) is 13.1 Å². The fourth-order valence-electron chi connectivity index (χ4n) is 2.02. The predicted octanol–water partition coefficient (Wildman–Crippen LogP) is 1.70. The zero-order chi connectivity index (χ0) is 13.1. The van der Waals surface area contributed by atoms with Gasteiger partial charge in [-0.2, -0.15) is 0 Å². The number of halogens is 1. The van der Waals surface area contributed by atoms with Crippen molar-refractivity contribution in [3.8, 4) is 5.75 Å². The first-order valence-electron chi connectivity index (χ1n) is 5.86. The van der Waals surface area contributed by atoms with Crippen LogP contribution in [-0.2, 0) is 4.74 Å². The summed E-state index contributed by atoms with van der Waals surface area (Å²) in [7, 11) is 1.46. The third-order valence-corrected chi connectivity index (χ3v) is 2.92. The van der Waals surface area contributed by atoms with E-state index in [1.807, 2.05) is 6.92 Å². The van der Waals surface area contributed by atoms with Crippen LogP contribution in [-0.4, -0.2) is 43.7 Å². The first-order chi connectivity index (χ1) is 8.61. The molecule has 1 atom stereocenters. The molecule has 18 heavy (non-hydrogen) atoms. The average Bonchev–Trinajstić information content (AvgIpc) is 2.38. The molecule has 1 aliphatic rings. The molecule has 1 amide bonds. The van der Waals surface area contributed by atoms with Crippen molar-refractivity contribution in [1.82, 2.24) is 4.90 Å². The highest BCUT2D eigenvalue weighted by atomic mass is 19.1. The maximum atomic E-state index is 13.2. The monoisotopic (exact) mass is 253 g/mol. The summed E-state index contributed by atoms with van der Waals surface area (Å²) in [6.45, 7) is 3.44. The fraction of sp³-hybridized carbons (Fsp3) is 0.462. The largest absolute Gasteiger partial charge is 0.496 e. The van der Waals surface area contributed by atoms with Crippen molar-refractivity contribution >= 4 is 5.91 Å². The van der Waals surface area contributed by atoms with E-state index in [1.54, 1.807) is 4.90 Å². The Kier molecular flexibility index (Phi) is 3.81. The standard InChI is InChI=1S/C13H16FNO3/c1-9-8-15(5-6-18-9)13(16)11-7-10(14)3-4-12(11)17-2/h3-4,7,9H,5-6,8H2,1-2H3. The molecule has 0 saturated carbocycles. The second-order valence-corrected chi connectivity index (χ2v) is 4.28. The van der Waals surface area contributed by atoms with Crippen LogP contribution in [0.5, 0.6) is 5.75 Å². The molecular weight excluding hydrogens is 237 g/mol. The summed E-state index contributed by atoms with van der Waals surface area (Å²) < 4.78 is 23.7. The molecule has 1 heterocycles. The van der Waals surface area contributed by atoms with Crippen LogP contribution >= 0.6 is 0 Å². The molecule has 0 aromatic heterocycles. The number of carbonyl (C=O) groups is 1. The molecule has 4 nitrogen and oxygen atoms in total. The molecule has 1 saturated heterocycles. The van der Waals surface area contributed by atoms with Gasteiger partial charge in [-0.1, -0.05) is 0 Å². The van der Waals surface area contributed by atoms with Gasteiger partial charge in [-0.25, -0.2) is 4.39 Å². The van der Waals surface area contributed by atoms with E-state index in [9.17, 15) is 9.18 Å². The van der Waals surface area contributed by atoms with Crippen LogP contribution in [0.1, 0.15) is 17.3 Å². The highest BCUT2D eigenvalue weighted by Crippen LogP contribution is 2.22. The van der Waals surface area contributed by atoms with Gasteiger partial charge in [0.2, 0.25) is 0 Å². The Balaban J connectivity index is 2.24. The lowest BCUT2D eigenvalue weighted by atomic mass is 10.1. The summed E-state index contributed by atoms with van der Waals surface area (Å²) in [5.41, 5.74) is 0.256. The van der Waals surface area contributed by atoms with Gasteiger partial charge in [0.1, 0.15) is 11.6 Å². The van der Waals surface area contributed by atoms with Gasteiger partial charge in [0.05, 0.1) is 25.4 Å². The third-order valence-electron chi connectivity index (χ3n) is 2.92. The van der Waals surface area contributed by atoms with E-state index in [4.69, 9.17) is 9.47 Å². The van der Waals surface area contributed by atoms with E-state index in [1.165, 1.54) is 25.3 Å². The van der Waals surface area contributed by atoms with E-state index in [0.717, 1.165) is 0 Å². The molecule has 98 valence electrons.